The minimum absolute atomic E-state index is 0.0819. The molecule has 1 aromatic rings. The normalized spacial score (nSPS) is 29.0. The molecule has 1 amide bonds. The molecule has 2 bridgehead atoms. The molecule has 160 valence electrons. The number of nitriles is 1. The van der Waals surface area contributed by atoms with Gasteiger partial charge in [0.2, 0.25) is 0 Å². The van der Waals surface area contributed by atoms with Gasteiger partial charge in [0, 0.05) is 31.9 Å². The van der Waals surface area contributed by atoms with Crippen molar-refractivity contribution in [2.45, 2.75) is 65.3 Å². The van der Waals surface area contributed by atoms with Crippen molar-refractivity contribution < 1.29 is 4.79 Å². The van der Waals surface area contributed by atoms with Gasteiger partial charge in [0.1, 0.15) is 11.6 Å². The second-order valence-electron chi connectivity index (χ2n) is 11.0. The minimum atomic E-state index is -0.0819. The van der Waals surface area contributed by atoms with Crippen LogP contribution >= 0.6 is 0 Å². The fourth-order valence-electron chi connectivity index (χ4n) is 6.41. The molecule has 2 heterocycles. The molecule has 30 heavy (non-hydrogen) atoms. The summed E-state index contributed by atoms with van der Waals surface area (Å²) in [6.07, 6.45) is 8.51. The predicted octanol–water partition coefficient (Wildman–Crippen LogP) is 4.78. The number of likely N-dealkylation sites (tertiary alicyclic amines) is 2. The zero-order valence-electron chi connectivity index (χ0n) is 18.7. The lowest BCUT2D eigenvalue weighted by Crippen LogP contribution is -2.40. The highest BCUT2D eigenvalue weighted by molar-refractivity contribution is 5.97. The maximum atomic E-state index is 13.1. The number of rotatable bonds is 4. The Balaban J connectivity index is 1.37. The first kappa shape index (κ1) is 21.0. The van der Waals surface area contributed by atoms with E-state index in [1.807, 2.05) is 11.1 Å². The fraction of sp³-hybridized carbons (Fsp3) is 0.615. The number of hydrogen-bond donors (Lipinski definition) is 0. The third-order valence-electron chi connectivity index (χ3n) is 7.37. The maximum Gasteiger partial charge on any atom is 0.266 e. The largest absolute Gasteiger partial charge is 0.373 e. The molecule has 2 aliphatic heterocycles. The van der Waals surface area contributed by atoms with Crippen LogP contribution in [0.3, 0.4) is 0 Å². The summed E-state index contributed by atoms with van der Waals surface area (Å²) in [5.74, 6) is 0.535. The Morgan fingerprint density at radius 2 is 1.87 bits per heavy atom. The standard InChI is InChI=1S/C26H35N3O/c1-25(2)14-23-15-26(3,18-25)19-29(23)17-22(16-27)24(30)28-11-9-21(10-12-28)13-20-7-5-4-6-8-20/h4-8,17,21,23H,9-15,18-19H2,1-3H3/b22-17-. The van der Waals surface area contributed by atoms with Crippen LogP contribution in [0.5, 0.6) is 0 Å². The molecule has 3 aliphatic rings. The molecule has 4 heteroatoms. The number of fused-ring (bicyclic) bond motifs is 2. The van der Waals surface area contributed by atoms with E-state index in [0.29, 0.717) is 28.4 Å². The summed E-state index contributed by atoms with van der Waals surface area (Å²) in [6.45, 7) is 9.52. The van der Waals surface area contributed by atoms with E-state index in [2.05, 4.69) is 62.1 Å². The zero-order chi connectivity index (χ0) is 21.4. The topological polar surface area (TPSA) is 47.3 Å². The molecular formula is C26H35N3O. The monoisotopic (exact) mass is 405 g/mol. The molecule has 2 saturated heterocycles. The quantitative estimate of drug-likeness (QED) is 0.535. The van der Waals surface area contributed by atoms with E-state index >= 15 is 0 Å². The second-order valence-corrected chi connectivity index (χ2v) is 11.0. The van der Waals surface area contributed by atoms with Crippen LogP contribution in [0.1, 0.15) is 58.4 Å². The van der Waals surface area contributed by atoms with Gasteiger partial charge >= 0.3 is 0 Å². The number of carbonyl (C=O) groups excluding carboxylic acids is 1. The molecular weight excluding hydrogens is 370 g/mol. The van der Waals surface area contributed by atoms with E-state index in [1.165, 1.54) is 18.4 Å². The van der Waals surface area contributed by atoms with Gasteiger partial charge in [-0.1, -0.05) is 51.1 Å². The highest BCUT2D eigenvalue weighted by atomic mass is 16.2. The number of amides is 1. The Morgan fingerprint density at radius 1 is 1.17 bits per heavy atom. The number of nitrogens with zero attached hydrogens (tertiary/aromatic N) is 3. The van der Waals surface area contributed by atoms with E-state index in [1.54, 1.807) is 0 Å². The Kier molecular flexibility index (Phi) is 5.66. The number of piperidine rings is 1. The van der Waals surface area contributed by atoms with E-state index < -0.39 is 0 Å². The number of hydrogen-bond acceptors (Lipinski definition) is 3. The first-order valence-electron chi connectivity index (χ1n) is 11.5. The Hall–Kier alpha value is -2.28. The third kappa shape index (κ3) is 4.56. The first-order chi connectivity index (χ1) is 14.3. The summed E-state index contributed by atoms with van der Waals surface area (Å²) in [6, 6.07) is 13.3. The smallest absolute Gasteiger partial charge is 0.266 e. The van der Waals surface area contributed by atoms with Crippen molar-refractivity contribution in [3.63, 3.8) is 0 Å². The molecule has 0 spiro atoms. The van der Waals surface area contributed by atoms with Crippen LogP contribution in [0.25, 0.3) is 0 Å². The third-order valence-corrected chi connectivity index (χ3v) is 7.37. The van der Waals surface area contributed by atoms with E-state index in [-0.39, 0.29) is 5.91 Å². The molecule has 2 unspecified atom stereocenters. The van der Waals surface area contributed by atoms with Crippen LogP contribution in [-0.2, 0) is 11.2 Å². The van der Waals surface area contributed by atoms with Gasteiger partial charge in [0.15, 0.2) is 0 Å². The van der Waals surface area contributed by atoms with Crippen LogP contribution in [0, 0.1) is 28.1 Å². The molecule has 3 fully saturated rings. The van der Waals surface area contributed by atoms with Crippen molar-refractivity contribution in [3.05, 3.63) is 47.7 Å². The molecule has 1 aliphatic carbocycles. The van der Waals surface area contributed by atoms with Gasteiger partial charge in [0.25, 0.3) is 5.91 Å². The molecule has 4 rings (SSSR count). The predicted molar refractivity (Wildman–Crippen MR) is 119 cm³/mol. The van der Waals surface area contributed by atoms with Crippen LogP contribution in [0.2, 0.25) is 0 Å². The molecule has 1 saturated carbocycles. The summed E-state index contributed by atoms with van der Waals surface area (Å²) in [7, 11) is 0. The highest BCUT2D eigenvalue weighted by Gasteiger charge is 2.49. The van der Waals surface area contributed by atoms with Crippen molar-refractivity contribution in [1.29, 1.82) is 5.26 Å². The summed E-state index contributed by atoms with van der Waals surface area (Å²) < 4.78 is 0. The van der Waals surface area contributed by atoms with Crippen LogP contribution in [0.4, 0.5) is 0 Å². The lowest BCUT2D eigenvalue weighted by atomic mass is 9.65. The summed E-state index contributed by atoms with van der Waals surface area (Å²) in [4.78, 5) is 17.3. The van der Waals surface area contributed by atoms with Crippen molar-refractivity contribution in [1.82, 2.24) is 9.80 Å². The molecule has 1 aromatic carbocycles. The van der Waals surface area contributed by atoms with Crippen LogP contribution in [-0.4, -0.2) is 41.4 Å². The van der Waals surface area contributed by atoms with E-state index in [4.69, 9.17) is 0 Å². The van der Waals surface area contributed by atoms with Gasteiger partial charge in [-0.2, -0.15) is 5.26 Å². The van der Waals surface area contributed by atoms with Gasteiger partial charge in [0.05, 0.1) is 0 Å². The molecule has 0 radical (unpaired) electrons. The lowest BCUT2D eigenvalue weighted by molar-refractivity contribution is -0.128. The van der Waals surface area contributed by atoms with Gasteiger partial charge in [-0.15, -0.1) is 0 Å². The van der Waals surface area contributed by atoms with Gasteiger partial charge in [-0.05, 0) is 60.8 Å². The molecule has 0 aromatic heterocycles. The summed E-state index contributed by atoms with van der Waals surface area (Å²) in [5, 5.41) is 9.75. The Labute approximate surface area is 181 Å². The van der Waals surface area contributed by atoms with E-state index in [9.17, 15) is 10.1 Å². The highest BCUT2D eigenvalue weighted by Crippen LogP contribution is 2.52. The summed E-state index contributed by atoms with van der Waals surface area (Å²) in [5.41, 5.74) is 2.31. The molecule has 0 N–H and O–H groups in total. The number of carbonyl (C=O) groups is 1. The molecule has 4 nitrogen and oxygen atoms in total. The first-order valence-corrected chi connectivity index (χ1v) is 11.5. The summed E-state index contributed by atoms with van der Waals surface area (Å²) >= 11 is 0. The Morgan fingerprint density at radius 3 is 2.53 bits per heavy atom. The second kappa shape index (κ2) is 8.10. The van der Waals surface area contributed by atoms with Crippen molar-refractivity contribution in [2.75, 3.05) is 19.6 Å². The maximum absolute atomic E-state index is 13.1. The van der Waals surface area contributed by atoms with Crippen LogP contribution in [0.15, 0.2) is 42.1 Å². The van der Waals surface area contributed by atoms with Crippen molar-refractivity contribution >= 4 is 5.91 Å². The van der Waals surface area contributed by atoms with Crippen LogP contribution < -0.4 is 0 Å². The lowest BCUT2D eigenvalue weighted by Gasteiger charge is -2.39. The Bertz CT molecular complexity index is 845. The fourth-order valence-corrected chi connectivity index (χ4v) is 6.41. The van der Waals surface area contributed by atoms with E-state index in [0.717, 1.165) is 45.3 Å². The average Bonchev–Trinajstić information content (AvgIpc) is 2.94. The number of benzene rings is 1. The van der Waals surface area contributed by atoms with Gasteiger partial charge in [-0.25, -0.2) is 0 Å². The molecule has 2 atom stereocenters. The van der Waals surface area contributed by atoms with Crippen molar-refractivity contribution in [3.8, 4) is 6.07 Å². The van der Waals surface area contributed by atoms with Gasteiger partial charge in [-0.3, -0.25) is 4.79 Å². The SMILES string of the molecule is CC1(C)CC2CC(C)(CN2/C=C(/C#N)C(=O)N2CCC(Cc3ccccc3)CC2)C1. The van der Waals surface area contributed by atoms with Gasteiger partial charge < -0.3 is 9.80 Å². The minimum Gasteiger partial charge on any atom is -0.373 e. The zero-order valence-corrected chi connectivity index (χ0v) is 18.7. The average molecular weight is 406 g/mol. The van der Waals surface area contributed by atoms with Crippen molar-refractivity contribution in [2.24, 2.45) is 16.7 Å².